The molecular weight excluding hydrogens is 244 g/mol. The van der Waals surface area contributed by atoms with E-state index in [1.54, 1.807) is 19.1 Å². The van der Waals surface area contributed by atoms with Gasteiger partial charge in [0.05, 0.1) is 0 Å². The van der Waals surface area contributed by atoms with Gasteiger partial charge in [-0.05, 0) is 24.6 Å². The molecule has 1 fully saturated rings. The molecular formula is C15H20O4. The first kappa shape index (κ1) is 12.8. The van der Waals surface area contributed by atoms with Gasteiger partial charge >= 0.3 is 0 Å². The summed E-state index contributed by atoms with van der Waals surface area (Å²) in [4.78, 5) is 0. The Hall–Kier alpha value is -1.26. The van der Waals surface area contributed by atoms with Gasteiger partial charge in [-0.3, -0.25) is 0 Å². The molecule has 0 saturated heterocycles. The Morgan fingerprint density at radius 3 is 2.53 bits per heavy atom. The van der Waals surface area contributed by atoms with Gasteiger partial charge in [0, 0.05) is 22.8 Å². The number of ether oxygens (including phenoxy) is 1. The fourth-order valence-electron chi connectivity index (χ4n) is 3.61. The van der Waals surface area contributed by atoms with Crippen molar-refractivity contribution in [3.05, 3.63) is 23.3 Å². The zero-order valence-corrected chi connectivity index (χ0v) is 11.7. The summed E-state index contributed by atoms with van der Waals surface area (Å²) in [5, 5.41) is 30.9. The number of aryl methyl sites for hydroxylation is 1. The Bertz CT molecular complexity index is 566. The van der Waals surface area contributed by atoms with Crippen LogP contribution in [0.4, 0.5) is 0 Å². The molecule has 0 amide bonds. The van der Waals surface area contributed by atoms with E-state index in [4.69, 9.17) is 4.74 Å². The summed E-state index contributed by atoms with van der Waals surface area (Å²) in [5.74, 6) is -0.781. The Labute approximate surface area is 112 Å². The van der Waals surface area contributed by atoms with Crippen LogP contribution in [-0.4, -0.2) is 27.2 Å². The van der Waals surface area contributed by atoms with Crippen molar-refractivity contribution in [2.75, 3.05) is 0 Å². The van der Waals surface area contributed by atoms with E-state index < -0.39 is 22.7 Å². The average molecular weight is 264 g/mol. The predicted octanol–water partition coefficient (Wildman–Crippen LogP) is 1.83. The third-order valence-corrected chi connectivity index (χ3v) is 5.32. The number of hydrogen-bond acceptors (Lipinski definition) is 4. The van der Waals surface area contributed by atoms with Gasteiger partial charge in [0.15, 0.2) is 0 Å². The van der Waals surface area contributed by atoms with Gasteiger partial charge in [-0.25, -0.2) is 0 Å². The van der Waals surface area contributed by atoms with E-state index in [2.05, 4.69) is 0 Å². The highest BCUT2D eigenvalue weighted by molar-refractivity contribution is 5.53. The first-order valence-electron chi connectivity index (χ1n) is 6.55. The molecule has 19 heavy (non-hydrogen) atoms. The van der Waals surface area contributed by atoms with Gasteiger partial charge in [0.2, 0.25) is 5.79 Å². The van der Waals surface area contributed by atoms with Crippen LogP contribution in [0.3, 0.4) is 0 Å². The number of benzene rings is 1. The van der Waals surface area contributed by atoms with Crippen LogP contribution in [0.2, 0.25) is 0 Å². The quantitative estimate of drug-likeness (QED) is 0.668. The van der Waals surface area contributed by atoms with E-state index in [0.717, 1.165) is 5.56 Å². The average Bonchev–Trinajstić information content (AvgIpc) is 2.40. The fourth-order valence-corrected chi connectivity index (χ4v) is 3.61. The van der Waals surface area contributed by atoms with Crippen LogP contribution in [0.15, 0.2) is 12.1 Å². The zero-order valence-electron chi connectivity index (χ0n) is 11.7. The van der Waals surface area contributed by atoms with Crippen molar-refractivity contribution in [1.82, 2.24) is 0 Å². The van der Waals surface area contributed by atoms with Gasteiger partial charge in [0.25, 0.3) is 0 Å². The highest BCUT2D eigenvalue weighted by atomic mass is 16.6. The normalized spacial score (nSPS) is 38.7. The van der Waals surface area contributed by atoms with Crippen LogP contribution < -0.4 is 4.74 Å². The molecule has 0 aromatic heterocycles. The molecule has 4 nitrogen and oxygen atoms in total. The molecule has 1 aromatic carbocycles. The molecule has 1 saturated carbocycles. The third kappa shape index (κ3) is 1.31. The lowest BCUT2D eigenvalue weighted by Gasteiger charge is -2.40. The number of phenolic OH excluding ortho intramolecular Hbond substituents is 1. The Balaban J connectivity index is 2.30. The second-order valence-electron chi connectivity index (χ2n) is 6.71. The lowest BCUT2D eigenvalue weighted by molar-refractivity contribution is -0.204. The minimum Gasteiger partial charge on any atom is -0.508 e. The van der Waals surface area contributed by atoms with Gasteiger partial charge in [-0.2, -0.15) is 0 Å². The van der Waals surface area contributed by atoms with Gasteiger partial charge in [-0.15, -0.1) is 0 Å². The van der Waals surface area contributed by atoms with E-state index in [1.807, 2.05) is 20.8 Å². The molecule has 1 aromatic rings. The number of phenols is 1. The van der Waals surface area contributed by atoms with Crippen LogP contribution in [-0.2, 0) is 5.41 Å². The van der Waals surface area contributed by atoms with Crippen molar-refractivity contribution in [3.63, 3.8) is 0 Å². The van der Waals surface area contributed by atoms with Gasteiger partial charge < -0.3 is 20.1 Å². The molecule has 1 aliphatic heterocycles. The van der Waals surface area contributed by atoms with E-state index in [-0.39, 0.29) is 5.75 Å². The summed E-state index contributed by atoms with van der Waals surface area (Å²) in [6, 6.07) is 3.42. The number of rotatable bonds is 0. The molecule has 0 radical (unpaired) electrons. The second kappa shape index (κ2) is 3.25. The van der Waals surface area contributed by atoms with Crippen molar-refractivity contribution in [3.8, 4) is 11.5 Å². The van der Waals surface area contributed by atoms with Crippen molar-refractivity contribution in [2.45, 2.75) is 51.4 Å². The summed E-state index contributed by atoms with van der Waals surface area (Å²) in [7, 11) is 0. The van der Waals surface area contributed by atoms with Crippen LogP contribution in [0.5, 0.6) is 11.5 Å². The maximum absolute atomic E-state index is 10.6. The summed E-state index contributed by atoms with van der Waals surface area (Å²) >= 11 is 0. The van der Waals surface area contributed by atoms with Gasteiger partial charge in [-0.1, -0.05) is 20.8 Å². The summed E-state index contributed by atoms with van der Waals surface area (Å²) in [6.45, 7) is 7.63. The SMILES string of the molecule is Cc1cc2c(cc1O)[C@@]1(C)C[C@@](O)(O2)[C@@H](O)C1(C)C. The molecule has 2 aliphatic rings. The topological polar surface area (TPSA) is 69.9 Å². The van der Waals surface area contributed by atoms with Crippen LogP contribution in [0, 0.1) is 12.3 Å². The van der Waals surface area contributed by atoms with Gasteiger partial charge in [0.1, 0.15) is 17.6 Å². The van der Waals surface area contributed by atoms with Crippen molar-refractivity contribution >= 4 is 0 Å². The smallest absolute Gasteiger partial charge is 0.235 e. The predicted molar refractivity (Wildman–Crippen MR) is 70.2 cm³/mol. The van der Waals surface area contributed by atoms with E-state index in [9.17, 15) is 15.3 Å². The lowest BCUT2D eigenvalue weighted by atomic mass is 9.64. The Kier molecular flexibility index (Phi) is 2.18. The monoisotopic (exact) mass is 264 g/mol. The first-order valence-corrected chi connectivity index (χ1v) is 6.55. The van der Waals surface area contributed by atoms with Crippen molar-refractivity contribution in [2.24, 2.45) is 5.41 Å². The summed E-state index contributed by atoms with van der Waals surface area (Å²) < 4.78 is 5.65. The largest absolute Gasteiger partial charge is 0.508 e. The zero-order chi connectivity index (χ0) is 14.2. The molecule has 0 unspecified atom stereocenters. The van der Waals surface area contributed by atoms with Crippen molar-refractivity contribution in [1.29, 1.82) is 0 Å². The molecule has 0 spiro atoms. The molecule has 2 bridgehead atoms. The highest BCUT2D eigenvalue weighted by Crippen LogP contribution is 2.63. The van der Waals surface area contributed by atoms with Crippen molar-refractivity contribution < 1.29 is 20.1 Å². The number of aromatic hydroxyl groups is 1. The molecule has 1 heterocycles. The van der Waals surface area contributed by atoms with E-state index >= 15 is 0 Å². The molecule has 104 valence electrons. The highest BCUT2D eigenvalue weighted by Gasteiger charge is 2.68. The number of aliphatic hydroxyl groups excluding tert-OH is 1. The second-order valence-corrected chi connectivity index (χ2v) is 6.71. The lowest BCUT2D eigenvalue weighted by Crippen LogP contribution is -2.47. The molecule has 1 aliphatic carbocycles. The minimum atomic E-state index is -1.55. The first-order chi connectivity index (χ1) is 8.62. The standard InChI is InChI=1S/C15H20O4/c1-8-5-11-9(6-10(8)16)14(4)7-15(18,19-11)12(17)13(14,2)3/h5-6,12,16-18H,7H2,1-4H3/t12-,14+,15+/m0/s1. The summed E-state index contributed by atoms with van der Waals surface area (Å²) in [6.07, 6.45) is -0.649. The van der Waals surface area contributed by atoms with Crippen LogP contribution >= 0.6 is 0 Å². The molecule has 4 heteroatoms. The molecule has 3 rings (SSSR count). The van der Waals surface area contributed by atoms with Crippen LogP contribution in [0.1, 0.15) is 38.3 Å². The summed E-state index contributed by atoms with van der Waals surface area (Å²) in [5.41, 5.74) is 0.551. The third-order valence-electron chi connectivity index (χ3n) is 5.32. The maximum Gasteiger partial charge on any atom is 0.235 e. The number of aliphatic hydroxyl groups is 2. The Morgan fingerprint density at radius 2 is 1.89 bits per heavy atom. The van der Waals surface area contributed by atoms with E-state index in [1.165, 1.54) is 0 Å². The molecule has 3 atom stereocenters. The minimum absolute atomic E-state index is 0.214. The molecule has 3 N–H and O–H groups in total. The van der Waals surface area contributed by atoms with Crippen LogP contribution in [0.25, 0.3) is 0 Å². The Morgan fingerprint density at radius 1 is 1.26 bits per heavy atom. The fraction of sp³-hybridized carbons (Fsp3) is 0.600. The number of hydrogen-bond donors (Lipinski definition) is 3. The number of fused-ring (bicyclic) bond motifs is 4. The maximum atomic E-state index is 10.6. The van der Waals surface area contributed by atoms with E-state index in [0.29, 0.717) is 17.7 Å².